The number of methoxy groups -OCH3 is 2. The summed E-state index contributed by atoms with van der Waals surface area (Å²) in [6.45, 7) is 5.81. The number of nitrogens with one attached hydrogen (secondary N) is 2. The third kappa shape index (κ3) is 9.56. The maximum Gasteiger partial charge on any atom is 0.255 e. The van der Waals surface area contributed by atoms with Gasteiger partial charge in [-0.2, -0.15) is 0 Å². The first-order valence-electron chi connectivity index (χ1n) is 13.5. The Balaban J connectivity index is 1.86. The summed E-state index contributed by atoms with van der Waals surface area (Å²) in [5.41, 5.74) is 6.01. The Labute approximate surface area is 221 Å². The topological polar surface area (TPSA) is 132 Å². The number of amides is 2. The Kier molecular flexibility index (Phi) is 13.3. The van der Waals surface area contributed by atoms with Crippen molar-refractivity contribution in [2.75, 3.05) is 40.5 Å². The van der Waals surface area contributed by atoms with E-state index in [-0.39, 0.29) is 30.2 Å². The van der Waals surface area contributed by atoms with Crippen LogP contribution in [0.25, 0.3) is 0 Å². The Morgan fingerprint density at radius 2 is 1.73 bits per heavy atom. The van der Waals surface area contributed by atoms with Crippen molar-refractivity contribution in [1.82, 2.24) is 10.6 Å². The number of hydrogen-bond donors (Lipinski definition) is 4. The largest absolute Gasteiger partial charge is 0.493 e. The van der Waals surface area contributed by atoms with Crippen molar-refractivity contribution in [3.05, 3.63) is 29.8 Å². The third-order valence-corrected chi connectivity index (χ3v) is 7.36. The molecule has 0 saturated heterocycles. The minimum absolute atomic E-state index is 0.0478. The Hall–Kier alpha value is -2.20. The summed E-state index contributed by atoms with van der Waals surface area (Å²) in [6.07, 6.45) is 4.62. The summed E-state index contributed by atoms with van der Waals surface area (Å²) in [7, 11) is 3.23. The van der Waals surface area contributed by atoms with Gasteiger partial charge in [-0.3, -0.25) is 9.59 Å². The van der Waals surface area contributed by atoms with Crippen LogP contribution in [-0.2, 0) is 14.3 Å². The zero-order valence-corrected chi connectivity index (χ0v) is 23.0. The fraction of sp³-hybridized carbons (Fsp3) is 0.714. The van der Waals surface area contributed by atoms with Crippen molar-refractivity contribution in [2.45, 2.75) is 76.5 Å². The number of carbonyl (C=O) groups is 2. The first kappa shape index (κ1) is 31.0. The van der Waals surface area contributed by atoms with Crippen LogP contribution in [0.1, 0.15) is 69.2 Å². The van der Waals surface area contributed by atoms with Gasteiger partial charge in [-0.05, 0) is 68.9 Å². The molecule has 1 aliphatic carbocycles. The molecule has 0 aliphatic heterocycles. The molecule has 5 N–H and O–H groups in total. The highest BCUT2D eigenvalue weighted by atomic mass is 16.5. The van der Waals surface area contributed by atoms with Gasteiger partial charge in [-0.1, -0.05) is 26.0 Å². The van der Waals surface area contributed by atoms with Gasteiger partial charge in [0.2, 0.25) is 0 Å². The molecule has 9 heteroatoms. The van der Waals surface area contributed by atoms with E-state index >= 15 is 0 Å². The highest BCUT2D eigenvalue weighted by Crippen LogP contribution is 2.32. The number of unbranched alkanes of at least 4 members (excludes halogenated alkanes) is 1. The molecule has 0 radical (unpaired) electrons. The highest BCUT2D eigenvalue weighted by molar-refractivity contribution is 5.96. The molecule has 2 amide bonds. The molecule has 37 heavy (non-hydrogen) atoms. The second-order valence-electron chi connectivity index (χ2n) is 10.3. The van der Waals surface area contributed by atoms with Crippen molar-refractivity contribution in [3.63, 3.8) is 0 Å². The monoisotopic (exact) mass is 521 g/mol. The summed E-state index contributed by atoms with van der Waals surface area (Å²) in [6, 6.07) is 6.66. The Bertz CT molecular complexity index is 828. The summed E-state index contributed by atoms with van der Waals surface area (Å²) in [5, 5.41) is 16.5. The van der Waals surface area contributed by atoms with Gasteiger partial charge in [-0.15, -0.1) is 0 Å². The standard InChI is InChI=1S/C28H47N3O6/c1-20(2)21(17-23(29)24(32)19-31-27(34)28(36-4)13-7-8-14-28)18-30-26(33)22-11-5-6-12-25(22)37-16-10-9-15-35-3/h5-6,11-12,20-21,23-24,32H,7-10,13-19,29H2,1-4H3,(H,30,33)(H,31,34)/t21-,23+,24+/m1/s1. The van der Waals surface area contributed by atoms with Crippen LogP contribution in [0.15, 0.2) is 24.3 Å². The average Bonchev–Trinajstić information content (AvgIpc) is 3.39. The first-order valence-corrected chi connectivity index (χ1v) is 13.5. The van der Waals surface area contributed by atoms with Crippen molar-refractivity contribution < 1.29 is 28.9 Å². The van der Waals surface area contributed by atoms with E-state index in [1.54, 1.807) is 26.4 Å². The second-order valence-corrected chi connectivity index (χ2v) is 10.3. The lowest BCUT2D eigenvalue weighted by atomic mass is 9.87. The van der Waals surface area contributed by atoms with Gasteiger partial charge >= 0.3 is 0 Å². The van der Waals surface area contributed by atoms with E-state index in [1.165, 1.54) is 0 Å². The molecule has 1 aromatic rings. The molecular weight excluding hydrogens is 474 g/mol. The average molecular weight is 522 g/mol. The molecule has 1 aromatic carbocycles. The maximum atomic E-state index is 13.0. The van der Waals surface area contributed by atoms with E-state index in [1.807, 2.05) is 12.1 Å². The summed E-state index contributed by atoms with van der Waals surface area (Å²) < 4.78 is 16.4. The van der Waals surface area contributed by atoms with E-state index in [0.29, 0.717) is 50.3 Å². The molecule has 210 valence electrons. The normalized spacial score (nSPS) is 17.3. The number of ether oxygens (including phenoxy) is 3. The van der Waals surface area contributed by atoms with E-state index < -0.39 is 17.7 Å². The van der Waals surface area contributed by atoms with Gasteiger partial charge in [0.1, 0.15) is 11.4 Å². The fourth-order valence-electron chi connectivity index (χ4n) is 4.71. The van der Waals surface area contributed by atoms with Gasteiger partial charge in [0.05, 0.1) is 18.3 Å². The molecule has 0 unspecified atom stereocenters. The molecule has 0 aromatic heterocycles. The van der Waals surface area contributed by atoms with Crippen LogP contribution in [0.3, 0.4) is 0 Å². The van der Waals surface area contributed by atoms with Crippen LogP contribution in [0.4, 0.5) is 0 Å². The lowest BCUT2D eigenvalue weighted by Crippen LogP contribution is -2.51. The number of benzene rings is 1. The van der Waals surface area contributed by atoms with Gasteiger partial charge < -0.3 is 35.7 Å². The van der Waals surface area contributed by atoms with Crippen LogP contribution < -0.4 is 21.1 Å². The number of hydrogen-bond acceptors (Lipinski definition) is 7. The minimum atomic E-state index is -0.900. The quantitative estimate of drug-likeness (QED) is 0.232. The zero-order valence-electron chi connectivity index (χ0n) is 23.0. The molecule has 0 bridgehead atoms. The molecule has 1 saturated carbocycles. The number of nitrogens with two attached hydrogens (primary N) is 1. The first-order chi connectivity index (χ1) is 17.7. The summed E-state index contributed by atoms with van der Waals surface area (Å²) in [4.78, 5) is 25.6. The SMILES string of the molecule is COCCCCOc1ccccc1C(=O)NC[C@@H](C[C@H](N)[C@@H](O)CNC(=O)C1(OC)CCCC1)C(C)C. The summed E-state index contributed by atoms with van der Waals surface area (Å²) >= 11 is 0. The molecule has 9 nitrogen and oxygen atoms in total. The highest BCUT2D eigenvalue weighted by Gasteiger charge is 2.41. The third-order valence-electron chi connectivity index (χ3n) is 7.36. The van der Waals surface area contributed by atoms with E-state index in [4.69, 9.17) is 19.9 Å². The molecule has 2 rings (SSSR count). The van der Waals surface area contributed by atoms with Crippen molar-refractivity contribution >= 4 is 11.8 Å². The second kappa shape index (κ2) is 15.9. The fourth-order valence-corrected chi connectivity index (χ4v) is 4.71. The summed E-state index contributed by atoms with van der Waals surface area (Å²) in [5.74, 6) is 0.437. The van der Waals surface area contributed by atoms with Crippen molar-refractivity contribution in [3.8, 4) is 5.75 Å². The van der Waals surface area contributed by atoms with E-state index in [9.17, 15) is 14.7 Å². The maximum absolute atomic E-state index is 13.0. The number of para-hydroxylation sites is 1. The Morgan fingerprint density at radius 1 is 1.05 bits per heavy atom. The van der Waals surface area contributed by atoms with Crippen molar-refractivity contribution in [2.24, 2.45) is 17.6 Å². The number of aliphatic hydroxyl groups is 1. The zero-order chi connectivity index (χ0) is 27.3. The van der Waals surface area contributed by atoms with E-state index in [0.717, 1.165) is 25.7 Å². The van der Waals surface area contributed by atoms with Gasteiger partial charge in [-0.25, -0.2) is 0 Å². The molecule has 1 fully saturated rings. The predicted octanol–water partition coefficient (Wildman–Crippen LogP) is 2.65. The minimum Gasteiger partial charge on any atom is -0.493 e. The Morgan fingerprint density at radius 3 is 2.38 bits per heavy atom. The molecule has 3 atom stereocenters. The van der Waals surface area contributed by atoms with Crippen LogP contribution in [0.5, 0.6) is 5.75 Å². The van der Waals surface area contributed by atoms with Crippen LogP contribution in [0.2, 0.25) is 0 Å². The lowest BCUT2D eigenvalue weighted by Gasteiger charge is -2.29. The van der Waals surface area contributed by atoms with Gasteiger partial charge in [0.15, 0.2) is 0 Å². The van der Waals surface area contributed by atoms with Gasteiger partial charge in [0.25, 0.3) is 11.8 Å². The van der Waals surface area contributed by atoms with Crippen LogP contribution in [0, 0.1) is 11.8 Å². The van der Waals surface area contributed by atoms with Crippen LogP contribution in [-0.4, -0.2) is 75.2 Å². The molecule has 0 heterocycles. The molecule has 0 spiro atoms. The molecule has 1 aliphatic rings. The van der Waals surface area contributed by atoms with E-state index in [2.05, 4.69) is 24.5 Å². The smallest absolute Gasteiger partial charge is 0.255 e. The lowest BCUT2D eigenvalue weighted by molar-refractivity contribution is -0.143. The number of aliphatic hydroxyl groups excluding tert-OH is 1. The van der Waals surface area contributed by atoms with Crippen LogP contribution >= 0.6 is 0 Å². The predicted molar refractivity (Wildman–Crippen MR) is 144 cm³/mol. The molecular formula is C28H47N3O6. The number of carbonyl (C=O) groups excluding carboxylic acids is 2. The van der Waals surface area contributed by atoms with Gasteiger partial charge in [0, 0.05) is 40.0 Å². The number of rotatable bonds is 17. The van der Waals surface area contributed by atoms with Crippen molar-refractivity contribution in [1.29, 1.82) is 0 Å².